The fourth-order valence-corrected chi connectivity index (χ4v) is 2.23. The molecule has 0 unspecified atom stereocenters. The molecule has 3 N–H and O–H groups in total. The summed E-state index contributed by atoms with van der Waals surface area (Å²) in [6, 6.07) is 5.82. The lowest BCUT2D eigenvalue weighted by Crippen LogP contribution is -2.14. The van der Waals surface area contributed by atoms with Gasteiger partial charge >= 0.3 is 5.97 Å². The van der Waals surface area contributed by atoms with Crippen LogP contribution in [0, 0.1) is 5.82 Å². The van der Waals surface area contributed by atoms with Gasteiger partial charge in [0.25, 0.3) is 0 Å². The van der Waals surface area contributed by atoms with Gasteiger partial charge in [-0.3, -0.25) is 5.10 Å². The molecule has 1 aromatic heterocycles. The molecule has 1 aromatic carbocycles. The molecule has 1 aliphatic carbocycles. The molecule has 6 heteroatoms. The van der Waals surface area contributed by atoms with Gasteiger partial charge in [-0.2, -0.15) is 5.10 Å². The lowest BCUT2D eigenvalue weighted by atomic mass is 10.1. The van der Waals surface area contributed by atoms with E-state index in [4.69, 9.17) is 5.11 Å². The lowest BCUT2D eigenvalue weighted by Gasteiger charge is -2.06. The highest BCUT2D eigenvalue weighted by Gasteiger charge is 2.25. The molecule has 1 heterocycles. The van der Waals surface area contributed by atoms with E-state index < -0.39 is 11.8 Å². The Morgan fingerprint density at radius 1 is 1.38 bits per heavy atom. The van der Waals surface area contributed by atoms with Crippen LogP contribution in [0.15, 0.2) is 24.3 Å². The van der Waals surface area contributed by atoms with Crippen molar-refractivity contribution in [3.63, 3.8) is 0 Å². The number of hydrogen-bond donors (Lipinski definition) is 3. The molecule has 3 rings (SSSR count). The Hall–Kier alpha value is -2.21. The number of carbonyl (C=O) groups is 1. The lowest BCUT2D eigenvalue weighted by molar-refractivity contribution is 0.0696. The monoisotopic (exact) mass is 289 g/mol. The first-order chi connectivity index (χ1) is 10.1. The highest BCUT2D eigenvalue weighted by atomic mass is 19.1. The topological polar surface area (TPSA) is 78.0 Å². The zero-order valence-corrected chi connectivity index (χ0v) is 11.4. The standard InChI is InChI=1S/C15H16FN3O2/c16-13-4-3-10(15(20)21)5-11(13)7-17-8-12-6-14(19-18-12)9-1-2-9/h3-6,9,17H,1-2,7-8H2,(H,18,19)(H,20,21). The fourth-order valence-electron chi connectivity index (χ4n) is 2.23. The summed E-state index contributed by atoms with van der Waals surface area (Å²) >= 11 is 0. The Morgan fingerprint density at radius 3 is 2.90 bits per heavy atom. The van der Waals surface area contributed by atoms with E-state index in [2.05, 4.69) is 15.5 Å². The van der Waals surface area contributed by atoms with Gasteiger partial charge in [-0.05, 0) is 37.1 Å². The molecule has 0 bridgehead atoms. The second-order valence-corrected chi connectivity index (χ2v) is 5.31. The number of aromatic amines is 1. The van der Waals surface area contributed by atoms with Crippen molar-refractivity contribution in [3.05, 3.63) is 52.6 Å². The molecule has 0 spiro atoms. The average molecular weight is 289 g/mol. The van der Waals surface area contributed by atoms with E-state index in [-0.39, 0.29) is 12.1 Å². The zero-order valence-electron chi connectivity index (χ0n) is 11.4. The molecule has 5 nitrogen and oxygen atoms in total. The fraction of sp³-hybridized carbons (Fsp3) is 0.333. The Labute approximate surface area is 121 Å². The summed E-state index contributed by atoms with van der Waals surface area (Å²) in [6.45, 7) is 0.807. The van der Waals surface area contributed by atoms with Crippen molar-refractivity contribution in [2.75, 3.05) is 0 Å². The molecule has 0 radical (unpaired) electrons. The van der Waals surface area contributed by atoms with Crippen molar-refractivity contribution in [3.8, 4) is 0 Å². The number of benzene rings is 1. The molecule has 21 heavy (non-hydrogen) atoms. The second kappa shape index (κ2) is 5.65. The quantitative estimate of drug-likeness (QED) is 0.763. The third-order valence-electron chi connectivity index (χ3n) is 3.57. The highest BCUT2D eigenvalue weighted by molar-refractivity contribution is 5.87. The number of rotatable bonds is 6. The summed E-state index contributed by atoms with van der Waals surface area (Å²) < 4.78 is 13.6. The summed E-state index contributed by atoms with van der Waals surface area (Å²) in [5.41, 5.74) is 2.47. The smallest absolute Gasteiger partial charge is 0.335 e. The Morgan fingerprint density at radius 2 is 2.19 bits per heavy atom. The molecule has 0 atom stereocenters. The van der Waals surface area contributed by atoms with Gasteiger partial charge in [0.2, 0.25) is 0 Å². The molecule has 110 valence electrons. The predicted octanol–water partition coefficient (Wildman–Crippen LogP) is 2.41. The maximum Gasteiger partial charge on any atom is 0.335 e. The normalized spacial score (nSPS) is 14.3. The van der Waals surface area contributed by atoms with Crippen LogP contribution in [0.2, 0.25) is 0 Å². The van der Waals surface area contributed by atoms with Gasteiger partial charge in [-0.15, -0.1) is 0 Å². The van der Waals surface area contributed by atoms with Gasteiger partial charge in [0.05, 0.1) is 11.3 Å². The van der Waals surface area contributed by atoms with Crippen molar-refractivity contribution >= 4 is 5.97 Å². The zero-order chi connectivity index (χ0) is 14.8. The number of halogens is 1. The highest BCUT2D eigenvalue weighted by Crippen LogP contribution is 2.38. The van der Waals surface area contributed by atoms with Crippen molar-refractivity contribution in [1.29, 1.82) is 0 Å². The van der Waals surface area contributed by atoms with Crippen LogP contribution in [-0.4, -0.2) is 21.3 Å². The molecule has 1 saturated carbocycles. The third-order valence-corrected chi connectivity index (χ3v) is 3.57. The first-order valence-electron chi connectivity index (χ1n) is 6.90. The number of hydrogen-bond acceptors (Lipinski definition) is 3. The number of aromatic carboxylic acids is 1. The van der Waals surface area contributed by atoms with Crippen LogP contribution in [0.1, 0.15) is 46.1 Å². The first kappa shape index (κ1) is 13.8. The molecular weight excluding hydrogens is 273 g/mol. The van der Waals surface area contributed by atoms with Gasteiger partial charge in [0.1, 0.15) is 5.82 Å². The number of carboxylic acid groups (broad SMARTS) is 1. The van der Waals surface area contributed by atoms with Crippen LogP contribution in [0.25, 0.3) is 0 Å². The van der Waals surface area contributed by atoms with E-state index in [1.165, 1.54) is 31.0 Å². The number of nitrogens with one attached hydrogen (secondary N) is 2. The van der Waals surface area contributed by atoms with E-state index in [0.29, 0.717) is 18.0 Å². The van der Waals surface area contributed by atoms with Gasteiger partial charge in [-0.25, -0.2) is 9.18 Å². The summed E-state index contributed by atoms with van der Waals surface area (Å²) in [5, 5.41) is 19.2. The van der Waals surface area contributed by atoms with E-state index in [9.17, 15) is 9.18 Å². The molecule has 0 saturated heterocycles. The molecule has 1 fully saturated rings. The van der Waals surface area contributed by atoms with Crippen LogP contribution >= 0.6 is 0 Å². The third kappa shape index (κ3) is 3.28. The molecule has 0 aliphatic heterocycles. The Kier molecular flexibility index (Phi) is 3.70. The number of nitrogens with zero attached hydrogens (tertiary/aromatic N) is 1. The minimum atomic E-state index is -1.06. The predicted molar refractivity (Wildman–Crippen MR) is 74.5 cm³/mol. The van der Waals surface area contributed by atoms with Crippen molar-refractivity contribution in [2.45, 2.75) is 31.8 Å². The summed E-state index contributed by atoms with van der Waals surface area (Å²) in [6.07, 6.45) is 2.40. The van der Waals surface area contributed by atoms with Crippen LogP contribution in [0.3, 0.4) is 0 Å². The van der Waals surface area contributed by atoms with Gasteiger partial charge in [0.15, 0.2) is 0 Å². The number of carboxylic acids is 1. The van der Waals surface area contributed by atoms with Crippen LogP contribution in [0.4, 0.5) is 4.39 Å². The van der Waals surface area contributed by atoms with Gasteiger partial charge in [0, 0.05) is 30.3 Å². The number of aromatic nitrogens is 2. The van der Waals surface area contributed by atoms with E-state index in [0.717, 1.165) is 11.4 Å². The van der Waals surface area contributed by atoms with Crippen molar-refractivity contribution in [2.24, 2.45) is 0 Å². The average Bonchev–Trinajstić information content (AvgIpc) is 3.20. The van der Waals surface area contributed by atoms with Crippen LogP contribution in [0.5, 0.6) is 0 Å². The molecule has 1 aliphatic rings. The molecule has 0 amide bonds. The minimum Gasteiger partial charge on any atom is -0.478 e. The van der Waals surface area contributed by atoms with Crippen LogP contribution in [-0.2, 0) is 13.1 Å². The van der Waals surface area contributed by atoms with Crippen LogP contribution < -0.4 is 5.32 Å². The van der Waals surface area contributed by atoms with Gasteiger partial charge < -0.3 is 10.4 Å². The maximum atomic E-state index is 13.6. The Balaban J connectivity index is 1.59. The second-order valence-electron chi connectivity index (χ2n) is 5.31. The minimum absolute atomic E-state index is 0.0887. The SMILES string of the molecule is O=C(O)c1ccc(F)c(CNCc2cc(C3CC3)n[nH]2)c1. The summed E-state index contributed by atoms with van der Waals surface area (Å²) in [7, 11) is 0. The van der Waals surface area contributed by atoms with Gasteiger partial charge in [-0.1, -0.05) is 0 Å². The maximum absolute atomic E-state index is 13.6. The van der Waals surface area contributed by atoms with E-state index >= 15 is 0 Å². The molecule has 2 aromatic rings. The van der Waals surface area contributed by atoms with E-state index in [1.54, 1.807) is 0 Å². The van der Waals surface area contributed by atoms with E-state index in [1.807, 2.05) is 6.07 Å². The van der Waals surface area contributed by atoms with Crippen molar-refractivity contribution < 1.29 is 14.3 Å². The summed E-state index contributed by atoms with van der Waals surface area (Å²) in [5.74, 6) is -0.866. The largest absolute Gasteiger partial charge is 0.478 e. The molecular formula is C15H16FN3O2. The first-order valence-corrected chi connectivity index (χ1v) is 6.90. The Bertz CT molecular complexity index is 665. The van der Waals surface area contributed by atoms with Crippen molar-refractivity contribution in [1.82, 2.24) is 15.5 Å². The number of H-pyrrole nitrogens is 1. The summed E-state index contributed by atoms with van der Waals surface area (Å²) in [4.78, 5) is 10.9.